The van der Waals surface area contributed by atoms with Gasteiger partial charge in [0, 0.05) is 14.1 Å². The van der Waals surface area contributed by atoms with E-state index in [-0.39, 0.29) is 18.4 Å². The Labute approximate surface area is 159 Å². The molecule has 2 rings (SSSR count). The number of hydrogen-bond acceptors (Lipinski definition) is 5. The molecule has 0 aliphatic rings. The Hall–Kier alpha value is -3.09. The summed E-state index contributed by atoms with van der Waals surface area (Å²) in [6.45, 7) is 3.86. The molecule has 1 aromatic heterocycles. The lowest BCUT2D eigenvalue weighted by Gasteiger charge is -2.21. The number of carbonyl (C=O) groups excluding carboxylic acids is 2. The fraction of sp³-hybridized carbons (Fsp3) is 0.350. The number of aromatic nitrogens is 1. The van der Waals surface area contributed by atoms with Gasteiger partial charge in [-0.3, -0.25) is 4.79 Å². The minimum absolute atomic E-state index is 0.108. The maximum absolute atomic E-state index is 12.6. The molecule has 7 nitrogen and oxygen atoms in total. The summed E-state index contributed by atoms with van der Waals surface area (Å²) in [6.07, 6.45) is 0.951. The van der Waals surface area contributed by atoms with Gasteiger partial charge in [0.05, 0.1) is 11.9 Å². The summed E-state index contributed by atoms with van der Waals surface area (Å²) in [4.78, 5) is 30.8. The number of nitrogens with zero attached hydrogens (tertiary/aromatic N) is 2. The summed E-state index contributed by atoms with van der Waals surface area (Å²) in [5, 5.41) is 5.41. The number of benzene rings is 1. The Morgan fingerprint density at radius 3 is 2.37 bits per heavy atom. The van der Waals surface area contributed by atoms with E-state index in [4.69, 9.17) is 4.74 Å². The normalized spacial score (nSPS) is 11.6. The van der Waals surface area contributed by atoms with E-state index in [1.165, 1.54) is 0 Å². The van der Waals surface area contributed by atoms with Crippen LogP contribution in [-0.2, 0) is 16.1 Å². The van der Waals surface area contributed by atoms with Crippen LogP contribution in [0.2, 0.25) is 0 Å². The second-order valence-electron chi connectivity index (χ2n) is 6.72. The van der Waals surface area contributed by atoms with Crippen LogP contribution in [0.25, 0.3) is 0 Å². The molecule has 1 heterocycles. The van der Waals surface area contributed by atoms with E-state index in [1.54, 1.807) is 12.3 Å². The quantitative estimate of drug-likeness (QED) is 0.783. The van der Waals surface area contributed by atoms with Crippen LogP contribution < -0.4 is 15.5 Å². The first-order valence-electron chi connectivity index (χ1n) is 8.78. The zero-order valence-electron chi connectivity index (χ0n) is 16.1. The number of pyridine rings is 1. The SMILES string of the molecule is CC(C)[C@H](NC(=O)OCc1ccccc1)C(=O)Nc1ccc(N(C)C)nc1. The molecule has 0 spiro atoms. The van der Waals surface area contributed by atoms with Crippen molar-refractivity contribution < 1.29 is 14.3 Å². The van der Waals surface area contributed by atoms with Gasteiger partial charge in [0.15, 0.2) is 0 Å². The summed E-state index contributed by atoms with van der Waals surface area (Å²) < 4.78 is 5.20. The third-order valence-corrected chi connectivity index (χ3v) is 3.91. The summed E-state index contributed by atoms with van der Waals surface area (Å²) >= 11 is 0. The van der Waals surface area contributed by atoms with Crippen molar-refractivity contribution in [2.45, 2.75) is 26.5 Å². The lowest BCUT2D eigenvalue weighted by molar-refractivity contribution is -0.119. The highest BCUT2D eigenvalue weighted by atomic mass is 16.5. The molecule has 27 heavy (non-hydrogen) atoms. The molecule has 0 saturated carbocycles. The lowest BCUT2D eigenvalue weighted by Crippen LogP contribution is -2.47. The second kappa shape index (κ2) is 9.56. The number of nitrogens with one attached hydrogen (secondary N) is 2. The van der Waals surface area contributed by atoms with E-state index in [0.717, 1.165) is 11.4 Å². The molecule has 2 aromatic rings. The van der Waals surface area contributed by atoms with Gasteiger partial charge in [-0.2, -0.15) is 0 Å². The van der Waals surface area contributed by atoms with Gasteiger partial charge < -0.3 is 20.3 Å². The highest BCUT2D eigenvalue weighted by Gasteiger charge is 2.25. The zero-order valence-corrected chi connectivity index (χ0v) is 16.1. The number of alkyl carbamates (subject to hydrolysis) is 1. The van der Waals surface area contributed by atoms with Crippen molar-refractivity contribution in [1.29, 1.82) is 0 Å². The molecule has 1 aromatic carbocycles. The minimum atomic E-state index is -0.721. The van der Waals surface area contributed by atoms with E-state index in [1.807, 2.05) is 69.2 Å². The third-order valence-electron chi connectivity index (χ3n) is 3.91. The summed E-state index contributed by atoms with van der Waals surface area (Å²) in [5.41, 5.74) is 1.45. The molecule has 2 amide bonds. The van der Waals surface area contributed by atoms with E-state index in [0.29, 0.717) is 5.69 Å². The van der Waals surface area contributed by atoms with Gasteiger partial charge in [-0.1, -0.05) is 44.2 Å². The number of carbonyl (C=O) groups is 2. The molecule has 144 valence electrons. The molecule has 0 bridgehead atoms. The van der Waals surface area contributed by atoms with Crippen LogP contribution >= 0.6 is 0 Å². The molecule has 2 N–H and O–H groups in total. The van der Waals surface area contributed by atoms with Gasteiger partial charge in [-0.15, -0.1) is 0 Å². The Kier molecular flexibility index (Phi) is 7.16. The predicted molar refractivity (Wildman–Crippen MR) is 106 cm³/mol. The van der Waals surface area contributed by atoms with Crippen molar-refractivity contribution in [1.82, 2.24) is 10.3 Å². The molecule has 0 fully saturated rings. The van der Waals surface area contributed by atoms with Crippen molar-refractivity contribution in [2.75, 3.05) is 24.3 Å². The van der Waals surface area contributed by atoms with Crippen molar-refractivity contribution in [3.8, 4) is 0 Å². The number of hydrogen-bond donors (Lipinski definition) is 2. The van der Waals surface area contributed by atoms with Crippen LogP contribution in [0.3, 0.4) is 0 Å². The highest BCUT2D eigenvalue weighted by Crippen LogP contribution is 2.13. The van der Waals surface area contributed by atoms with Gasteiger partial charge >= 0.3 is 6.09 Å². The summed E-state index contributed by atoms with van der Waals surface area (Å²) in [5.74, 6) is 0.361. The maximum atomic E-state index is 12.6. The van der Waals surface area contributed by atoms with Gasteiger partial charge in [-0.05, 0) is 23.6 Å². The van der Waals surface area contributed by atoms with Crippen LogP contribution in [0.4, 0.5) is 16.3 Å². The van der Waals surface area contributed by atoms with Gasteiger partial charge in [0.1, 0.15) is 18.5 Å². The maximum Gasteiger partial charge on any atom is 0.408 e. The van der Waals surface area contributed by atoms with Gasteiger partial charge in [0.2, 0.25) is 5.91 Å². The Bertz CT molecular complexity index is 746. The lowest BCUT2D eigenvalue weighted by atomic mass is 10.0. The highest BCUT2D eigenvalue weighted by molar-refractivity contribution is 5.96. The Morgan fingerprint density at radius 2 is 1.81 bits per heavy atom. The van der Waals surface area contributed by atoms with E-state index in [9.17, 15) is 9.59 Å². The Balaban J connectivity index is 1.92. The first-order chi connectivity index (χ1) is 12.9. The van der Waals surface area contributed by atoms with E-state index in [2.05, 4.69) is 15.6 Å². The van der Waals surface area contributed by atoms with Crippen LogP contribution in [0.1, 0.15) is 19.4 Å². The first-order valence-corrected chi connectivity index (χ1v) is 8.78. The summed E-state index contributed by atoms with van der Waals surface area (Å²) in [6, 6.07) is 12.2. The molecule has 1 atom stereocenters. The molecule has 0 saturated heterocycles. The second-order valence-corrected chi connectivity index (χ2v) is 6.72. The fourth-order valence-electron chi connectivity index (χ4n) is 2.37. The van der Waals surface area contributed by atoms with Crippen LogP contribution in [0.5, 0.6) is 0 Å². The van der Waals surface area contributed by atoms with E-state index < -0.39 is 12.1 Å². The van der Waals surface area contributed by atoms with Crippen molar-refractivity contribution >= 4 is 23.5 Å². The number of amides is 2. The standard InChI is InChI=1S/C20H26N4O3/c1-14(2)18(23-20(26)27-13-15-8-6-5-7-9-15)19(25)22-16-10-11-17(21-12-16)24(3)4/h5-12,14,18H,13H2,1-4H3,(H,22,25)(H,23,26)/t18-/m0/s1. The number of anilines is 2. The van der Waals surface area contributed by atoms with Crippen molar-refractivity contribution in [2.24, 2.45) is 5.92 Å². The smallest absolute Gasteiger partial charge is 0.408 e. The average Bonchev–Trinajstić information content (AvgIpc) is 2.65. The van der Waals surface area contributed by atoms with Crippen LogP contribution in [0.15, 0.2) is 48.7 Å². The van der Waals surface area contributed by atoms with E-state index >= 15 is 0 Å². The van der Waals surface area contributed by atoms with Crippen LogP contribution in [-0.4, -0.2) is 37.1 Å². The molecule has 0 radical (unpaired) electrons. The third kappa shape index (κ3) is 6.29. The molecule has 0 unspecified atom stereocenters. The zero-order chi connectivity index (χ0) is 19.8. The molecular formula is C20H26N4O3. The molecule has 0 aliphatic carbocycles. The monoisotopic (exact) mass is 370 g/mol. The van der Waals surface area contributed by atoms with Gasteiger partial charge in [0.25, 0.3) is 0 Å². The van der Waals surface area contributed by atoms with Crippen molar-refractivity contribution in [3.63, 3.8) is 0 Å². The summed E-state index contributed by atoms with van der Waals surface area (Å²) in [7, 11) is 3.78. The number of ether oxygens (including phenoxy) is 1. The minimum Gasteiger partial charge on any atom is -0.445 e. The molecule has 0 aliphatic heterocycles. The fourth-order valence-corrected chi connectivity index (χ4v) is 2.37. The van der Waals surface area contributed by atoms with Crippen LogP contribution in [0, 0.1) is 5.92 Å². The van der Waals surface area contributed by atoms with Gasteiger partial charge in [-0.25, -0.2) is 9.78 Å². The average molecular weight is 370 g/mol. The predicted octanol–water partition coefficient (Wildman–Crippen LogP) is 3.04. The first kappa shape index (κ1) is 20.2. The van der Waals surface area contributed by atoms with Crippen molar-refractivity contribution in [3.05, 3.63) is 54.2 Å². The molecular weight excluding hydrogens is 344 g/mol. The number of rotatable bonds is 7. The Morgan fingerprint density at radius 1 is 1.11 bits per heavy atom. The molecule has 7 heteroatoms. The largest absolute Gasteiger partial charge is 0.445 e. The topological polar surface area (TPSA) is 83.6 Å².